The average molecular weight is 418 g/mol. The fraction of sp³-hybridized carbons (Fsp3) is 0.222. The Morgan fingerprint density at radius 2 is 1.67 bits per heavy atom. The van der Waals surface area contributed by atoms with Crippen molar-refractivity contribution < 1.29 is 27.8 Å². The van der Waals surface area contributed by atoms with E-state index in [1.165, 1.54) is 30.3 Å². The monoisotopic (exact) mass is 417 g/mol. The molecule has 5 nitrogen and oxygen atoms in total. The van der Waals surface area contributed by atoms with Crippen LogP contribution < -0.4 is 10.1 Å². The van der Waals surface area contributed by atoms with Crippen LogP contribution in [0.15, 0.2) is 42.5 Å². The fourth-order valence-electron chi connectivity index (χ4n) is 2.12. The largest absolute Gasteiger partial charge is 0.452 e. The molecule has 0 aromatic heterocycles. The van der Waals surface area contributed by atoms with Crippen LogP contribution in [0, 0.1) is 0 Å². The Kier molecular flexibility index (Phi) is 7.82. The van der Waals surface area contributed by atoms with Gasteiger partial charge in [-0.15, -0.1) is 0 Å². The van der Waals surface area contributed by atoms with Gasteiger partial charge < -0.3 is 14.8 Å². The molecule has 0 aliphatic carbocycles. The number of esters is 1. The summed E-state index contributed by atoms with van der Waals surface area (Å²) in [6, 6.07) is 10.3. The van der Waals surface area contributed by atoms with Gasteiger partial charge in [0.1, 0.15) is 5.75 Å². The minimum absolute atomic E-state index is 0.0609. The van der Waals surface area contributed by atoms with Gasteiger partial charge in [0.05, 0.1) is 5.56 Å². The van der Waals surface area contributed by atoms with E-state index >= 15 is 0 Å². The Bertz CT molecular complexity index is 780. The van der Waals surface area contributed by atoms with Crippen molar-refractivity contribution in [3.63, 3.8) is 0 Å². The molecule has 2 aromatic carbocycles. The fourth-order valence-corrected chi connectivity index (χ4v) is 2.65. The number of carbonyl (C=O) groups is 2. The maximum Gasteiger partial charge on any atom is 0.387 e. The molecule has 144 valence electrons. The molecular formula is C18H15Cl2F2NO4. The van der Waals surface area contributed by atoms with Crippen molar-refractivity contribution in [2.24, 2.45) is 0 Å². The lowest BCUT2D eigenvalue weighted by molar-refractivity contribution is -0.124. The van der Waals surface area contributed by atoms with Crippen LogP contribution in [0.3, 0.4) is 0 Å². The van der Waals surface area contributed by atoms with Crippen molar-refractivity contribution in [3.05, 3.63) is 63.6 Å². The van der Waals surface area contributed by atoms with Crippen LogP contribution in [0.2, 0.25) is 10.0 Å². The zero-order chi connectivity index (χ0) is 19.8. The third-order valence-electron chi connectivity index (χ3n) is 3.32. The van der Waals surface area contributed by atoms with E-state index in [-0.39, 0.29) is 27.9 Å². The normalized spacial score (nSPS) is 10.6. The summed E-state index contributed by atoms with van der Waals surface area (Å²) in [5.41, 5.74) is 0.967. The molecule has 0 radical (unpaired) electrons. The number of alkyl halides is 2. The number of hydrogen-bond donors (Lipinski definition) is 1. The van der Waals surface area contributed by atoms with Crippen LogP contribution in [0.1, 0.15) is 15.9 Å². The summed E-state index contributed by atoms with van der Waals surface area (Å²) in [6.07, 6.45) is 0.471. The second kappa shape index (κ2) is 10.1. The summed E-state index contributed by atoms with van der Waals surface area (Å²) in [6.45, 7) is -3.04. The molecule has 2 rings (SSSR count). The molecule has 0 saturated heterocycles. The Balaban J connectivity index is 1.72. The van der Waals surface area contributed by atoms with Gasteiger partial charge in [-0.2, -0.15) is 8.78 Å². The highest BCUT2D eigenvalue weighted by atomic mass is 35.5. The number of hydrogen-bond acceptors (Lipinski definition) is 4. The molecule has 0 atom stereocenters. The summed E-state index contributed by atoms with van der Waals surface area (Å²) in [4.78, 5) is 23.6. The zero-order valence-corrected chi connectivity index (χ0v) is 15.4. The van der Waals surface area contributed by atoms with E-state index in [0.717, 1.165) is 5.56 Å². The first-order chi connectivity index (χ1) is 12.8. The van der Waals surface area contributed by atoms with Crippen LogP contribution >= 0.6 is 23.2 Å². The summed E-state index contributed by atoms with van der Waals surface area (Å²) < 4.78 is 33.3. The molecule has 27 heavy (non-hydrogen) atoms. The van der Waals surface area contributed by atoms with Gasteiger partial charge in [-0.05, 0) is 42.3 Å². The summed E-state index contributed by atoms with van der Waals surface area (Å²) in [7, 11) is 0. The van der Waals surface area contributed by atoms with Crippen molar-refractivity contribution in [2.75, 3.05) is 13.2 Å². The molecule has 0 aliphatic heterocycles. The van der Waals surface area contributed by atoms with E-state index in [1.54, 1.807) is 12.1 Å². The summed E-state index contributed by atoms with van der Waals surface area (Å²) in [5.74, 6) is -1.14. The molecule has 0 aliphatic rings. The number of nitrogens with one attached hydrogen (secondary N) is 1. The predicted molar refractivity (Wildman–Crippen MR) is 96.5 cm³/mol. The topological polar surface area (TPSA) is 64.6 Å². The Morgan fingerprint density at radius 3 is 2.26 bits per heavy atom. The van der Waals surface area contributed by atoms with E-state index in [1.807, 2.05) is 0 Å². The van der Waals surface area contributed by atoms with E-state index in [4.69, 9.17) is 27.9 Å². The molecule has 9 heteroatoms. The maximum absolute atomic E-state index is 12.1. The van der Waals surface area contributed by atoms with E-state index < -0.39 is 25.1 Å². The van der Waals surface area contributed by atoms with Gasteiger partial charge in [0, 0.05) is 16.6 Å². The van der Waals surface area contributed by atoms with Crippen LogP contribution in [0.25, 0.3) is 0 Å². The maximum atomic E-state index is 12.1. The first kappa shape index (κ1) is 20.9. The molecule has 0 unspecified atom stereocenters. The SMILES string of the molecule is O=C(COC(=O)c1cc(Cl)cc(Cl)c1)NCCc1ccc(OC(F)F)cc1. The van der Waals surface area contributed by atoms with E-state index in [9.17, 15) is 18.4 Å². The summed E-state index contributed by atoms with van der Waals surface area (Å²) >= 11 is 11.6. The van der Waals surface area contributed by atoms with Crippen LogP contribution in [-0.4, -0.2) is 31.6 Å². The number of rotatable bonds is 8. The minimum Gasteiger partial charge on any atom is -0.452 e. The lowest BCUT2D eigenvalue weighted by Gasteiger charge is -2.08. The summed E-state index contributed by atoms with van der Waals surface area (Å²) in [5, 5.41) is 3.15. The molecule has 0 spiro atoms. The third-order valence-corrected chi connectivity index (χ3v) is 3.75. The molecule has 1 N–H and O–H groups in total. The van der Waals surface area contributed by atoms with Crippen molar-refractivity contribution in [1.82, 2.24) is 5.32 Å². The lowest BCUT2D eigenvalue weighted by Crippen LogP contribution is -2.30. The van der Waals surface area contributed by atoms with Crippen LogP contribution in [0.4, 0.5) is 8.78 Å². The van der Waals surface area contributed by atoms with Gasteiger partial charge in [0.25, 0.3) is 5.91 Å². The molecule has 0 bridgehead atoms. The third kappa shape index (κ3) is 7.40. The van der Waals surface area contributed by atoms with Crippen LogP contribution in [0.5, 0.6) is 5.75 Å². The van der Waals surface area contributed by atoms with Crippen molar-refractivity contribution in [3.8, 4) is 5.75 Å². The van der Waals surface area contributed by atoms with Gasteiger partial charge in [-0.1, -0.05) is 35.3 Å². The Labute approximate surface area is 164 Å². The lowest BCUT2D eigenvalue weighted by atomic mass is 10.1. The van der Waals surface area contributed by atoms with Crippen LogP contribution in [-0.2, 0) is 16.0 Å². The van der Waals surface area contributed by atoms with Crippen molar-refractivity contribution in [1.29, 1.82) is 0 Å². The second-order valence-electron chi connectivity index (χ2n) is 5.36. The highest BCUT2D eigenvalue weighted by molar-refractivity contribution is 6.35. The van der Waals surface area contributed by atoms with Gasteiger partial charge in [0.2, 0.25) is 0 Å². The van der Waals surface area contributed by atoms with Crippen molar-refractivity contribution in [2.45, 2.75) is 13.0 Å². The molecule has 1 amide bonds. The quantitative estimate of drug-likeness (QED) is 0.656. The number of amides is 1. The number of carbonyl (C=O) groups excluding carboxylic acids is 2. The zero-order valence-electron chi connectivity index (χ0n) is 13.9. The van der Waals surface area contributed by atoms with E-state index in [2.05, 4.69) is 10.1 Å². The average Bonchev–Trinajstić information content (AvgIpc) is 2.60. The first-order valence-corrected chi connectivity index (χ1v) is 8.53. The highest BCUT2D eigenvalue weighted by Gasteiger charge is 2.12. The molecular weight excluding hydrogens is 403 g/mol. The smallest absolute Gasteiger partial charge is 0.387 e. The number of halogens is 4. The van der Waals surface area contributed by atoms with Gasteiger partial charge in [0.15, 0.2) is 6.61 Å². The highest BCUT2D eigenvalue weighted by Crippen LogP contribution is 2.19. The molecule has 0 saturated carbocycles. The standard InChI is InChI=1S/C18H15Cl2F2NO4/c19-13-7-12(8-14(20)9-13)17(25)26-10-16(24)23-6-5-11-1-3-15(4-2-11)27-18(21)22/h1-4,7-9,18H,5-6,10H2,(H,23,24). The molecule has 0 fully saturated rings. The predicted octanol–water partition coefficient (Wildman–Crippen LogP) is 4.11. The minimum atomic E-state index is -2.87. The molecule has 2 aromatic rings. The number of benzene rings is 2. The van der Waals surface area contributed by atoms with Crippen molar-refractivity contribution >= 4 is 35.1 Å². The Hall–Kier alpha value is -2.38. The first-order valence-electron chi connectivity index (χ1n) is 7.77. The second-order valence-corrected chi connectivity index (χ2v) is 6.23. The van der Waals surface area contributed by atoms with E-state index in [0.29, 0.717) is 6.42 Å². The van der Waals surface area contributed by atoms with Gasteiger partial charge in [-0.25, -0.2) is 4.79 Å². The molecule has 0 heterocycles. The van der Waals surface area contributed by atoms with Gasteiger partial charge >= 0.3 is 12.6 Å². The number of ether oxygens (including phenoxy) is 2. The van der Waals surface area contributed by atoms with Gasteiger partial charge in [-0.3, -0.25) is 4.79 Å². The Morgan fingerprint density at radius 1 is 1.04 bits per heavy atom.